The van der Waals surface area contributed by atoms with Gasteiger partial charge in [0.2, 0.25) is 0 Å². The van der Waals surface area contributed by atoms with Crippen LogP contribution in [-0.2, 0) is 9.47 Å². The van der Waals surface area contributed by atoms with E-state index in [9.17, 15) is 0 Å². The molecule has 1 aliphatic carbocycles. The molecule has 1 saturated carbocycles. The van der Waals surface area contributed by atoms with Crippen molar-refractivity contribution in [2.24, 2.45) is 11.7 Å². The van der Waals surface area contributed by atoms with E-state index in [4.69, 9.17) is 15.2 Å². The highest BCUT2D eigenvalue weighted by molar-refractivity contribution is 5.05. The van der Waals surface area contributed by atoms with Crippen molar-refractivity contribution in [1.82, 2.24) is 4.90 Å². The zero-order valence-corrected chi connectivity index (χ0v) is 12.0. The Kier molecular flexibility index (Phi) is 4.42. The van der Waals surface area contributed by atoms with Crippen LogP contribution < -0.4 is 5.73 Å². The predicted molar refractivity (Wildman–Crippen MR) is 75.1 cm³/mol. The third-order valence-electron chi connectivity index (χ3n) is 5.50. The molecule has 0 spiro atoms. The molecule has 2 N–H and O–H groups in total. The van der Waals surface area contributed by atoms with E-state index in [-0.39, 0.29) is 5.54 Å². The SMILES string of the molecule is NC(C1CCOCC1)C1(N2CCOCC2)CCCC1. The molecule has 0 aromatic rings. The van der Waals surface area contributed by atoms with Crippen molar-refractivity contribution < 1.29 is 9.47 Å². The normalized spacial score (nSPS) is 31.4. The summed E-state index contributed by atoms with van der Waals surface area (Å²) >= 11 is 0. The minimum absolute atomic E-state index is 0.256. The van der Waals surface area contributed by atoms with E-state index in [0.29, 0.717) is 12.0 Å². The van der Waals surface area contributed by atoms with Gasteiger partial charge >= 0.3 is 0 Å². The highest BCUT2D eigenvalue weighted by Crippen LogP contribution is 2.41. The number of hydrogen-bond acceptors (Lipinski definition) is 4. The summed E-state index contributed by atoms with van der Waals surface area (Å²) in [5.41, 5.74) is 7.04. The second-order valence-electron chi connectivity index (χ2n) is 6.39. The smallest absolute Gasteiger partial charge is 0.0594 e. The van der Waals surface area contributed by atoms with Crippen LogP contribution in [0.4, 0.5) is 0 Å². The lowest BCUT2D eigenvalue weighted by molar-refractivity contribution is -0.0483. The molecule has 1 unspecified atom stereocenters. The molecule has 4 heteroatoms. The molecule has 0 bridgehead atoms. The Morgan fingerprint density at radius 3 is 2.16 bits per heavy atom. The average molecular weight is 268 g/mol. The van der Waals surface area contributed by atoms with Crippen LogP contribution in [0.1, 0.15) is 38.5 Å². The monoisotopic (exact) mass is 268 g/mol. The van der Waals surface area contributed by atoms with Crippen molar-refractivity contribution in [1.29, 1.82) is 0 Å². The van der Waals surface area contributed by atoms with Crippen molar-refractivity contribution in [3.05, 3.63) is 0 Å². The van der Waals surface area contributed by atoms with E-state index in [1.807, 2.05) is 0 Å². The molecule has 0 aromatic heterocycles. The third-order valence-corrected chi connectivity index (χ3v) is 5.50. The fourth-order valence-corrected chi connectivity index (χ4v) is 4.37. The summed E-state index contributed by atoms with van der Waals surface area (Å²) in [6.07, 6.45) is 7.54. The van der Waals surface area contributed by atoms with Gasteiger partial charge in [0.25, 0.3) is 0 Å². The summed E-state index contributed by atoms with van der Waals surface area (Å²) in [5.74, 6) is 0.648. The second-order valence-corrected chi connectivity index (χ2v) is 6.39. The van der Waals surface area contributed by atoms with Crippen LogP contribution in [-0.4, -0.2) is 56.0 Å². The Bertz CT molecular complexity index is 280. The van der Waals surface area contributed by atoms with Gasteiger partial charge in [0.1, 0.15) is 0 Å². The summed E-state index contributed by atoms with van der Waals surface area (Å²) in [7, 11) is 0. The molecule has 4 nitrogen and oxygen atoms in total. The fraction of sp³-hybridized carbons (Fsp3) is 1.00. The minimum atomic E-state index is 0.256. The van der Waals surface area contributed by atoms with E-state index >= 15 is 0 Å². The Hall–Kier alpha value is -0.160. The van der Waals surface area contributed by atoms with Crippen molar-refractivity contribution in [3.63, 3.8) is 0 Å². The van der Waals surface area contributed by atoms with Gasteiger partial charge in [-0.2, -0.15) is 0 Å². The average Bonchev–Trinajstić information content (AvgIpc) is 2.99. The molecule has 3 aliphatic rings. The number of morpholine rings is 1. The molecule has 1 atom stereocenters. The molecular formula is C15H28N2O2. The van der Waals surface area contributed by atoms with Gasteiger partial charge in [0, 0.05) is 37.9 Å². The Morgan fingerprint density at radius 2 is 1.53 bits per heavy atom. The highest BCUT2D eigenvalue weighted by atomic mass is 16.5. The lowest BCUT2D eigenvalue weighted by atomic mass is 9.76. The largest absolute Gasteiger partial charge is 0.381 e. The van der Waals surface area contributed by atoms with Crippen LogP contribution in [0.25, 0.3) is 0 Å². The van der Waals surface area contributed by atoms with Crippen molar-refractivity contribution >= 4 is 0 Å². The molecule has 19 heavy (non-hydrogen) atoms. The number of nitrogens with two attached hydrogens (primary N) is 1. The lowest BCUT2D eigenvalue weighted by Crippen LogP contribution is -2.63. The van der Waals surface area contributed by atoms with Gasteiger partial charge in [0.05, 0.1) is 13.2 Å². The maximum absolute atomic E-state index is 6.78. The van der Waals surface area contributed by atoms with Crippen LogP contribution in [0.5, 0.6) is 0 Å². The molecule has 0 radical (unpaired) electrons. The fourth-order valence-electron chi connectivity index (χ4n) is 4.37. The molecule has 0 amide bonds. The van der Waals surface area contributed by atoms with Gasteiger partial charge in [-0.05, 0) is 31.6 Å². The minimum Gasteiger partial charge on any atom is -0.381 e. The standard InChI is InChI=1S/C15H28N2O2/c16-14(13-3-9-18-10-4-13)15(5-1-2-6-15)17-7-11-19-12-8-17/h13-14H,1-12,16H2. The van der Waals surface area contributed by atoms with Gasteiger partial charge in [-0.1, -0.05) is 12.8 Å². The number of nitrogens with zero attached hydrogens (tertiary/aromatic N) is 1. The first kappa shape index (κ1) is 13.8. The number of rotatable bonds is 3. The Balaban J connectivity index is 1.74. The second kappa shape index (κ2) is 6.08. The first-order valence-corrected chi connectivity index (χ1v) is 7.99. The van der Waals surface area contributed by atoms with Crippen LogP contribution in [0.2, 0.25) is 0 Å². The maximum atomic E-state index is 6.78. The predicted octanol–water partition coefficient (Wildman–Crippen LogP) is 1.39. The zero-order valence-electron chi connectivity index (χ0n) is 12.0. The number of hydrogen-bond donors (Lipinski definition) is 1. The van der Waals surface area contributed by atoms with Crippen molar-refractivity contribution in [3.8, 4) is 0 Å². The van der Waals surface area contributed by atoms with Gasteiger partial charge < -0.3 is 15.2 Å². The summed E-state index contributed by atoms with van der Waals surface area (Å²) in [5, 5.41) is 0. The molecule has 2 heterocycles. The Labute approximate surface area is 116 Å². The molecule has 3 rings (SSSR count). The quantitative estimate of drug-likeness (QED) is 0.840. The third kappa shape index (κ3) is 2.68. The molecule has 110 valence electrons. The zero-order chi connectivity index (χ0) is 13.1. The summed E-state index contributed by atoms with van der Waals surface area (Å²) in [4.78, 5) is 2.66. The first-order valence-electron chi connectivity index (χ1n) is 7.99. The van der Waals surface area contributed by atoms with E-state index in [1.54, 1.807) is 0 Å². The van der Waals surface area contributed by atoms with Crippen molar-refractivity contribution in [2.75, 3.05) is 39.5 Å². The summed E-state index contributed by atoms with van der Waals surface area (Å²) < 4.78 is 11.0. The molecule has 2 aliphatic heterocycles. The summed E-state index contributed by atoms with van der Waals surface area (Å²) in [6, 6.07) is 0.317. The van der Waals surface area contributed by atoms with Gasteiger partial charge in [0.15, 0.2) is 0 Å². The van der Waals surface area contributed by atoms with Gasteiger partial charge in [-0.15, -0.1) is 0 Å². The van der Waals surface area contributed by atoms with Crippen LogP contribution in [0.3, 0.4) is 0 Å². The maximum Gasteiger partial charge on any atom is 0.0594 e. The Morgan fingerprint density at radius 1 is 0.947 bits per heavy atom. The van der Waals surface area contributed by atoms with E-state index in [0.717, 1.165) is 52.4 Å². The summed E-state index contributed by atoms with van der Waals surface area (Å²) in [6.45, 7) is 5.69. The van der Waals surface area contributed by atoms with Crippen molar-refractivity contribution in [2.45, 2.75) is 50.1 Å². The van der Waals surface area contributed by atoms with Gasteiger partial charge in [-0.3, -0.25) is 4.90 Å². The van der Waals surface area contributed by atoms with Crippen LogP contribution in [0, 0.1) is 5.92 Å². The number of ether oxygens (including phenoxy) is 2. The highest BCUT2D eigenvalue weighted by Gasteiger charge is 2.47. The van der Waals surface area contributed by atoms with Crippen LogP contribution >= 0.6 is 0 Å². The van der Waals surface area contributed by atoms with E-state index in [2.05, 4.69) is 4.90 Å². The molecular weight excluding hydrogens is 240 g/mol. The topological polar surface area (TPSA) is 47.7 Å². The first-order chi connectivity index (χ1) is 9.33. The van der Waals surface area contributed by atoms with E-state index in [1.165, 1.54) is 25.7 Å². The molecule has 0 aromatic carbocycles. The van der Waals surface area contributed by atoms with E-state index < -0.39 is 0 Å². The van der Waals surface area contributed by atoms with Gasteiger partial charge in [-0.25, -0.2) is 0 Å². The van der Waals surface area contributed by atoms with Crippen LogP contribution in [0.15, 0.2) is 0 Å². The molecule has 3 fully saturated rings. The molecule has 2 saturated heterocycles. The lowest BCUT2D eigenvalue weighted by Gasteiger charge is -2.50.